The van der Waals surface area contributed by atoms with Crippen LogP contribution in [0.4, 0.5) is 5.69 Å². The summed E-state index contributed by atoms with van der Waals surface area (Å²) in [6, 6.07) is 10.0. The predicted octanol–water partition coefficient (Wildman–Crippen LogP) is 2.70. The molecular formula is C20H24N4O2S. The number of thiol groups is 1. The molecule has 1 aromatic carbocycles. The SMILES string of the molecule is C=O.Sc1ccc2c(c1)CCO2.c1cnc2c(N3CCNCC3)c[nH]c2c1. The summed E-state index contributed by atoms with van der Waals surface area (Å²) >= 11 is 4.23. The Balaban J connectivity index is 0.000000153. The van der Waals surface area contributed by atoms with E-state index in [1.807, 2.05) is 31.2 Å². The van der Waals surface area contributed by atoms with Crippen LogP contribution in [0.5, 0.6) is 5.75 Å². The van der Waals surface area contributed by atoms with Gasteiger partial charge in [0.2, 0.25) is 0 Å². The van der Waals surface area contributed by atoms with Crippen molar-refractivity contribution < 1.29 is 9.53 Å². The van der Waals surface area contributed by atoms with E-state index in [9.17, 15) is 0 Å². The van der Waals surface area contributed by atoms with Gasteiger partial charge in [-0.15, -0.1) is 12.6 Å². The van der Waals surface area contributed by atoms with Gasteiger partial charge < -0.3 is 24.7 Å². The van der Waals surface area contributed by atoms with Crippen molar-refractivity contribution in [1.29, 1.82) is 0 Å². The van der Waals surface area contributed by atoms with Crippen LogP contribution in [0, 0.1) is 0 Å². The lowest BCUT2D eigenvalue weighted by molar-refractivity contribution is -0.0979. The number of aromatic nitrogens is 2. The number of H-pyrrole nitrogens is 1. The van der Waals surface area contributed by atoms with Gasteiger partial charge in [-0.1, -0.05) is 0 Å². The molecule has 0 bridgehead atoms. The third-order valence-electron chi connectivity index (χ3n) is 4.55. The second-order valence-electron chi connectivity index (χ2n) is 6.20. The van der Waals surface area contributed by atoms with E-state index >= 15 is 0 Å². The Morgan fingerprint density at radius 1 is 1.19 bits per heavy atom. The second kappa shape index (κ2) is 9.43. The van der Waals surface area contributed by atoms with Crippen LogP contribution in [-0.4, -0.2) is 49.5 Å². The highest BCUT2D eigenvalue weighted by atomic mass is 32.1. The standard InChI is InChI=1S/C11H14N4.C8H8OS.CH2O/c1-2-9-11(13-3-1)10(8-14-9)15-6-4-12-5-7-15;10-7-1-2-8-6(5-7)3-4-9-8;1-2/h1-3,8,12,14H,4-7H2;1-2,5,10H,3-4H2;1H2. The number of carbonyl (C=O) groups excluding carboxylic acids is 1. The first-order valence-electron chi connectivity index (χ1n) is 8.92. The van der Waals surface area contributed by atoms with E-state index in [4.69, 9.17) is 9.53 Å². The molecule has 2 aliphatic heterocycles. The molecule has 0 atom stereocenters. The molecule has 2 N–H and O–H groups in total. The van der Waals surface area contributed by atoms with Crippen molar-refractivity contribution >= 4 is 36.1 Å². The molecule has 0 spiro atoms. The first-order chi connectivity index (χ1) is 13.3. The fourth-order valence-corrected chi connectivity index (χ4v) is 3.49. The highest BCUT2D eigenvalue weighted by Gasteiger charge is 2.14. The molecular weight excluding hydrogens is 360 g/mol. The van der Waals surface area contributed by atoms with Crippen LogP contribution in [0.2, 0.25) is 0 Å². The molecule has 7 heteroatoms. The maximum atomic E-state index is 8.00. The predicted molar refractivity (Wildman–Crippen MR) is 111 cm³/mol. The minimum atomic E-state index is 0.826. The van der Waals surface area contributed by atoms with Gasteiger partial charge in [-0.2, -0.15) is 0 Å². The molecule has 0 radical (unpaired) electrons. The fourth-order valence-electron chi connectivity index (χ4n) is 3.26. The number of ether oxygens (including phenoxy) is 1. The van der Waals surface area contributed by atoms with Crippen LogP contribution in [0.15, 0.2) is 47.6 Å². The number of hydrogen-bond acceptors (Lipinski definition) is 6. The van der Waals surface area contributed by atoms with Crippen molar-refractivity contribution in [2.45, 2.75) is 11.3 Å². The van der Waals surface area contributed by atoms with Gasteiger partial charge in [-0.05, 0) is 35.9 Å². The Labute approximate surface area is 164 Å². The molecule has 2 aromatic heterocycles. The Morgan fingerprint density at radius 3 is 2.81 bits per heavy atom. The minimum Gasteiger partial charge on any atom is -0.493 e. The summed E-state index contributed by atoms with van der Waals surface area (Å²) in [4.78, 5) is 19.1. The molecule has 0 aliphatic carbocycles. The first-order valence-corrected chi connectivity index (χ1v) is 9.37. The molecule has 2 aliphatic rings. The highest BCUT2D eigenvalue weighted by molar-refractivity contribution is 7.80. The van der Waals surface area contributed by atoms with Crippen molar-refractivity contribution in [2.24, 2.45) is 0 Å². The van der Waals surface area contributed by atoms with Crippen molar-refractivity contribution in [2.75, 3.05) is 37.7 Å². The van der Waals surface area contributed by atoms with Gasteiger partial charge in [0.1, 0.15) is 18.1 Å². The number of benzene rings is 1. The van der Waals surface area contributed by atoms with E-state index < -0.39 is 0 Å². The van der Waals surface area contributed by atoms with Gasteiger partial charge in [-0.3, -0.25) is 4.98 Å². The largest absolute Gasteiger partial charge is 0.493 e. The molecule has 27 heavy (non-hydrogen) atoms. The van der Waals surface area contributed by atoms with Gasteiger partial charge in [0.25, 0.3) is 0 Å². The van der Waals surface area contributed by atoms with E-state index in [1.54, 1.807) is 0 Å². The molecule has 4 heterocycles. The molecule has 1 saturated heterocycles. The number of nitrogens with one attached hydrogen (secondary N) is 2. The summed E-state index contributed by atoms with van der Waals surface area (Å²) in [6.07, 6.45) is 4.94. The summed E-state index contributed by atoms with van der Waals surface area (Å²) < 4.78 is 5.32. The van der Waals surface area contributed by atoms with Crippen LogP contribution in [0.25, 0.3) is 11.0 Å². The normalized spacial score (nSPS) is 15.1. The molecule has 142 valence electrons. The Kier molecular flexibility index (Phi) is 6.73. The van der Waals surface area contributed by atoms with Gasteiger partial charge in [0, 0.05) is 49.9 Å². The maximum absolute atomic E-state index is 8.00. The van der Waals surface area contributed by atoms with E-state index in [2.05, 4.69) is 51.1 Å². The number of pyridine rings is 1. The quantitative estimate of drug-likeness (QED) is 0.563. The zero-order chi connectivity index (χ0) is 19.1. The molecule has 5 rings (SSSR count). The summed E-state index contributed by atoms with van der Waals surface area (Å²) in [5.74, 6) is 1.03. The Hall–Kier alpha value is -2.51. The highest BCUT2D eigenvalue weighted by Crippen LogP contribution is 2.27. The number of anilines is 1. The third-order valence-corrected chi connectivity index (χ3v) is 4.82. The van der Waals surface area contributed by atoms with Crippen LogP contribution in [0.1, 0.15) is 5.56 Å². The average molecular weight is 385 g/mol. The Bertz CT molecular complexity index is 877. The monoisotopic (exact) mass is 384 g/mol. The molecule has 0 amide bonds. The zero-order valence-electron chi connectivity index (χ0n) is 15.1. The molecule has 0 unspecified atom stereocenters. The topological polar surface area (TPSA) is 70.2 Å². The molecule has 6 nitrogen and oxygen atoms in total. The zero-order valence-corrected chi connectivity index (χ0v) is 16.0. The first kappa shape index (κ1) is 19.3. The second-order valence-corrected chi connectivity index (χ2v) is 6.72. The molecule has 3 aromatic rings. The average Bonchev–Trinajstić information content (AvgIpc) is 3.37. The summed E-state index contributed by atoms with van der Waals surface area (Å²) in [5.41, 5.74) is 4.71. The third kappa shape index (κ3) is 4.61. The van der Waals surface area contributed by atoms with Gasteiger partial charge in [0.05, 0.1) is 17.8 Å². The van der Waals surface area contributed by atoms with E-state index in [-0.39, 0.29) is 0 Å². The van der Waals surface area contributed by atoms with Crippen LogP contribution in [0.3, 0.4) is 0 Å². The van der Waals surface area contributed by atoms with E-state index in [1.165, 1.54) is 11.3 Å². The summed E-state index contributed by atoms with van der Waals surface area (Å²) in [5, 5.41) is 3.35. The number of fused-ring (bicyclic) bond motifs is 2. The van der Waals surface area contributed by atoms with Crippen molar-refractivity contribution in [3.8, 4) is 5.75 Å². The molecule has 0 saturated carbocycles. The lowest BCUT2D eigenvalue weighted by Crippen LogP contribution is -2.43. The van der Waals surface area contributed by atoms with Gasteiger partial charge in [-0.25, -0.2) is 0 Å². The van der Waals surface area contributed by atoms with Crippen LogP contribution in [-0.2, 0) is 11.2 Å². The number of piperazine rings is 1. The van der Waals surface area contributed by atoms with E-state index in [0.717, 1.165) is 60.9 Å². The molecule has 1 fully saturated rings. The number of hydrogen-bond donors (Lipinski definition) is 3. The van der Waals surface area contributed by atoms with Gasteiger partial charge >= 0.3 is 0 Å². The van der Waals surface area contributed by atoms with Crippen molar-refractivity contribution in [1.82, 2.24) is 15.3 Å². The summed E-state index contributed by atoms with van der Waals surface area (Å²) in [6.45, 7) is 7.05. The minimum absolute atomic E-state index is 0.826. The number of nitrogens with zero attached hydrogens (tertiary/aromatic N) is 2. The summed E-state index contributed by atoms with van der Waals surface area (Å²) in [7, 11) is 0. The maximum Gasteiger partial charge on any atom is 0.122 e. The van der Waals surface area contributed by atoms with E-state index in [0.29, 0.717) is 0 Å². The number of rotatable bonds is 1. The lowest BCUT2D eigenvalue weighted by Gasteiger charge is -2.28. The Morgan fingerprint density at radius 2 is 2.00 bits per heavy atom. The van der Waals surface area contributed by atoms with Crippen LogP contribution < -0.4 is 15.0 Å². The van der Waals surface area contributed by atoms with Gasteiger partial charge in [0.15, 0.2) is 0 Å². The fraction of sp³-hybridized carbons (Fsp3) is 0.300. The van der Waals surface area contributed by atoms with Crippen molar-refractivity contribution in [3.05, 3.63) is 48.3 Å². The van der Waals surface area contributed by atoms with Crippen LogP contribution >= 0.6 is 12.6 Å². The van der Waals surface area contributed by atoms with Crippen molar-refractivity contribution in [3.63, 3.8) is 0 Å². The lowest BCUT2D eigenvalue weighted by atomic mass is 10.2. The number of carbonyl (C=O) groups is 1. The number of aromatic amines is 1. The smallest absolute Gasteiger partial charge is 0.122 e.